The lowest BCUT2D eigenvalue weighted by Crippen LogP contribution is -2.24. The van der Waals surface area contributed by atoms with Gasteiger partial charge < -0.3 is 15.8 Å². The maximum Gasteiger partial charge on any atom is 0.305 e. The van der Waals surface area contributed by atoms with Crippen LogP contribution in [0.4, 0.5) is 5.69 Å². The fraction of sp³-hybridized carbons (Fsp3) is 0.429. The van der Waals surface area contributed by atoms with Crippen LogP contribution in [-0.2, 0) is 9.53 Å². The standard InChI is InChI=1S/C14H20N2O3.ClH/c1-19-13(17)5-3-2-4-10-16-14(18)11-6-8-12(15)9-7-11;/h6-9H,2-5,10,15H2,1H3,(H,16,18);1H. The number of halogens is 1. The van der Waals surface area contributed by atoms with Crippen molar-refractivity contribution in [3.8, 4) is 0 Å². The van der Waals surface area contributed by atoms with Crippen LogP contribution in [0.1, 0.15) is 36.0 Å². The highest BCUT2D eigenvalue weighted by molar-refractivity contribution is 5.94. The monoisotopic (exact) mass is 300 g/mol. The van der Waals surface area contributed by atoms with Crippen LogP contribution in [0.3, 0.4) is 0 Å². The molecular weight excluding hydrogens is 280 g/mol. The van der Waals surface area contributed by atoms with Gasteiger partial charge in [-0.1, -0.05) is 6.42 Å². The van der Waals surface area contributed by atoms with Crippen LogP contribution in [0.25, 0.3) is 0 Å². The fourth-order valence-electron chi connectivity index (χ4n) is 1.61. The van der Waals surface area contributed by atoms with E-state index < -0.39 is 0 Å². The summed E-state index contributed by atoms with van der Waals surface area (Å²) in [5, 5.41) is 2.82. The summed E-state index contributed by atoms with van der Waals surface area (Å²) < 4.78 is 4.54. The number of unbranched alkanes of at least 4 members (excludes halogenated alkanes) is 2. The Hall–Kier alpha value is -1.75. The number of nitrogens with two attached hydrogens (primary N) is 1. The molecule has 0 unspecified atom stereocenters. The van der Waals surface area contributed by atoms with Crippen molar-refractivity contribution in [2.45, 2.75) is 25.7 Å². The molecule has 0 heterocycles. The van der Waals surface area contributed by atoms with E-state index in [4.69, 9.17) is 5.73 Å². The van der Waals surface area contributed by atoms with Crippen LogP contribution in [0.15, 0.2) is 24.3 Å². The number of anilines is 1. The molecule has 5 nitrogen and oxygen atoms in total. The minimum absolute atomic E-state index is 0. The van der Waals surface area contributed by atoms with Crippen LogP contribution in [0, 0.1) is 0 Å². The number of methoxy groups -OCH3 is 1. The van der Waals surface area contributed by atoms with Crippen molar-refractivity contribution < 1.29 is 14.3 Å². The Morgan fingerprint density at radius 3 is 2.40 bits per heavy atom. The van der Waals surface area contributed by atoms with Gasteiger partial charge in [-0.15, -0.1) is 12.4 Å². The smallest absolute Gasteiger partial charge is 0.305 e. The predicted octanol–water partition coefficient (Wildman–Crippen LogP) is 2.15. The van der Waals surface area contributed by atoms with E-state index in [1.54, 1.807) is 24.3 Å². The van der Waals surface area contributed by atoms with Gasteiger partial charge in [0.1, 0.15) is 0 Å². The summed E-state index contributed by atoms with van der Waals surface area (Å²) >= 11 is 0. The molecule has 1 rings (SSSR count). The van der Waals surface area contributed by atoms with Crippen molar-refractivity contribution in [2.75, 3.05) is 19.4 Å². The molecule has 0 bridgehead atoms. The zero-order chi connectivity index (χ0) is 14.1. The van der Waals surface area contributed by atoms with Crippen molar-refractivity contribution in [2.24, 2.45) is 0 Å². The lowest BCUT2D eigenvalue weighted by Gasteiger charge is -2.05. The lowest BCUT2D eigenvalue weighted by atomic mass is 10.1. The highest BCUT2D eigenvalue weighted by Crippen LogP contribution is 2.05. The fourth-order valence-corrected chi connectivity index (χ4v) is 1.61. The Morgan fingerprint density at radius 2 is 1.80 bits per heavy atom. The number of esters is 1. The minimum atomic E-state index is -0.189. The van der Waals surface area contributed by atoms with Gasteiger partial charge >= 0.3 is 5.97 Å². The topological polar surface area (TPSA) is 81.4 Å². The largest absolute Gasteiger partial charge is 0.469 e. The molecule has 6 heteroatoms. The van der Waals surface area contributed by atoms with Crippen LogP contribution < -0.4 is 11.1 Å². The molecule has 0 saturated heterocycles. The predicted molar refractivity (Wildman–Crippen MR) is 80.9 cm³/mol. The SMILES string of the molecule is COC(=O)CCCCCNC(=O)c1ccc(N)cc1.Cl. The minimum Gasteiger partial charge on any atom is -0.469 e. The summed E-state index contributed by atoms with van der Waals surface area (Å²) in [6.45, 7) is 0.602. The molecule has 3 N–H and O–H groups in total. The number of amides is 1. The first kappa shape index (κ1) is 18.2. The number of nitrogen functional groups attached to an aromatic ring is 1. The second-order valence-corrected chi connectivity index (χ2v) is 4.26. The second kappa shape index (κ2) is 10.1. The first-order chi connectivity index (χ1) is 9.13. The van der Waals surface area contributed by atoms with Crippen LogP contribution >= 0.6 is 12.4 Å². The van der Waals surface area contributed by atoms with E-state index in [0.29, 0.717) is 24.2 Å². The third-order valence-electron chi connectivity index (χ3n) is 2.74. The molecule has 0 aromatic heterocycles. The Bertz CT molecular complexity index is 421. The van der Waals surface area contributed by atoms with Crippen molar-refractivity contribution in [1.82, 2.24) is 5.32 Å². The normalized spacial score (nSPS) is 9.45. The van der Waals surface area contributed by atoms with Gasteiger partial charge in [0, 0.05) is 24.2 Å². The zero-order valence-electron chi connectivity index (χ0n) is 11.6. The molecule has 0 saturated carbocycles. The first-order valence-corrected chi connectivity index (χ1v) is 6.34. The second-order valence-electron chi connectivity index (χ2n) is 4.26. The Kier molecular flexibility index (Phi) is 9.20. The molecule has 0 radical (unpaired) electrons. The van der Waals surface area contributed by atoms with Gasteiger partial charge in [-0.05, 0) is 37.1 Å². The Morgan fingerprint density at radius 1 is 1.15 bits per heavy atom. The van der Waals surface area contributed by atoms with E-state index in [1.165, 1.54) is 7.11 Å². The molecule has 1 aromatic rings. The summed E-state index contributed by atoms with van der Waals surface area (Å²) in [6, 6.07) is 6.79. The molecular formula is C14H21ClN2O3. The van der Waals surface area contributed by atoms with E-state index in [0.717, 1.165) is 19.3 Å². The third-order valence-corrected chi connectivity index (χ3v) is 2.74. The van der Waals surface area contributed by atoms with Crippen molar-refractivity contribution in [3.63, 3.8) is 0 Å². The molecule has 0 aliphatic carbocycles. The number of nitrogens with one attached hydrogen (secondary N) is 1. The first-order valence-electron chi connectivity index (χ1n) is 6.34. The number of hydrogen-bond donors (Lipinski definition) is 2. The van der Waals surface area contributed by atoms with Crippen LogP contribution in [0.5, 0.6) is 0 Å². The van der Waals surface area contributed by atoms with Crippen molar-refractivity contribution in [1.29, 1.82) is 0 Å². The highest BCUT2D eigenvalue weighted by Gasteiger charge is 2.04. The average Bonchev–Trinajstić information content (AvgIpc) is 2.42. The third kappa shape index (κ3) is 6.99. The molecule has 1 amide bonds. The average molecular weight is 301 g/mol. The quantitative estimate of drug-likeness (QED) is 0.459. The maximum atomic E-state index is 11.7. The van der Waals surface area contributed by atoms with Crippen molar-refractivity contribution >= 4 is 30.0 Å². The van der Waals surface area contributed by atoms with Gasteiger partial charge in [0.2, 0.25) is 0 Å². The van der Waals surface area contributed by atoms with E-state index in [9.17, 15) is 9.59 Å². The lowest BCUT2D eigenvalue weighted by molar-refractivity contribution is -0.140. The van der Waals surface area contributed by atoms with Gasteiger partial charge in [-0.3, -0.25) is 9.59 Å². The van der Waals surface area contributed by atoms with E-state index in [2.05, 4.69) is 10.1 Å². The Balaban J connectivity index is 0.00000361. The summed E-state index contributed by atoms with van der Waals surface area (Å²) in [4.78, 5) is 22.6. The summed E-state index contributed by atoms with van der Waals surface area (Å²) in [6.07, 6.45) is 2.95. The molecule has 20 heavy (non-hydrogen) atoms. The number of ether oxygens (including phenoxy) is 1. The van der Waals surface area contributed by atoms with E-state index in [-0.39, 0.29) is 24.3 Å². The molecule has 0 atom stereocenters. The Labute approximate surface area is 125 Å². The maximum absolute atomic E-state index is 11.7. The number of hydrogen-bond acceptors (Lipinski definition) is 4. The number of benzene rings is 1. The summed E-state index contributed by atoms with van der Waals surface area (Å²) in [5.74, 6) is -0.293. The number of carbonyl (C=O) groups excluding carboxylic acids is 2. The van der Waals surface area contributed by atoms with Crippen LogP contribution in [-0.4, -0.2) is 25.5 Å². The van der Waals surface area contributed by atoms with Gasteiger partial charge in [0.15, 0.2) is 0 Å². The summed E-state index contributed by atoms with van der Waals surface area (Å²) in [7, 11) is 1.38. The highest BCUT2D eigenvalue weighted by atomic mass is 35.5. The number of rotatable bonds is 7. The number of carbonyl (C=O) groups is 2. The van der Waals surface area contributed by atoms with Gasteiger partial charge in [0.05, 0.1) is 7.11 Å². The molecule has 0 fully saturated rings. The molecule has 0 spiro atoms. The molecule has 1 aromatic carbocycles. The van der Waals surface area contributed by atoms with Crippen molar-refractivity contribution in [3.05, 3.63) is 29.8 Å². The van der Waals surface area contributed by atoms with Gasteiger partial charge in [-0.25, -0.2) is 0 Å². The molecule has 0 aliphatic rings. The van der Waals surface area contributed by atoms with Gasteiger partial charge in [-0.2, -0.15) is 0 Å². The molecule has 112 valence electrons. The van der Waals surface area contributed by atoms with E-state index in [1.807, 2.05) is 0 Å². The van der Waals surface area contributed by atoms with Crippen LogP contribution in [0.2, 0.25) is 0 Å². The summed E-state index contributed by atoms with van der Waals surface area (Å²) in [5.41, 5.74) is 6.79. The molecule has 0 aliphatic heterocycles. The zero-order valence-corrected chi connectivity index (χ0v) is 12.4. The van der Waals surface area contributed by atoms with E-state index >= 15 is 0 Å². The van der Waals surface area contributed by atoms with Gasteiger partial charge in [0.25, 0.3) is 5.91 Å².